The number of hydrogen-bond donors (Lipinski definition) is 1. The van der Waals surface area contributed by atoms with E-state index in [1.807, 2.05) is 24.3 Å². The molecule has 3 rings (SSSR count). The van der Waals surface area contributed by atoms with Crippen LogP contribution in [0.2, 0.25) is 0 Å². The lowest BCUT2D eigenvalue weighted by atomic mass is 10.1. The Bertz CT molecular complexity index is 577. The van der Waals surface area contributed by atoms with E-state index in [1.165, 1.54) is 0 Å². The lowest BCUT2D eigenvalue weighted by molar-refractivity contribution is 0.115. The Hall–Kier alpha value is -1.81. The third-order valence-electron chi connectivity index (χ3n) is 3.73. The number of benzene rings is 1. The number of fused-ring (bicyclic) bond motifs is 1. The van der Waals surface area contributed by atoms with Gasteiger partial charge in [-0.15, -0.1) is 0 Å². The Morgan fingerprint density at radius 3 is 2.84 bits per heavy atom. The smallest absolute Gasteiger partial charge is 0.146 e. The molecule has 100 valence electrons. The average Bonchev–Trinajstić information content (AvgIpc) is 2.45. The average molecular weight is 257 g/mol. The summed E-state index contributed by atoms with van der Waals surface area (Å²) in [6.07, 6.45) is 4.19. The van der Waals surface area contributed by atoms with E-state index >= 15 is 0 Å². The number of rotatable bonds is 2. The molecule has 4 nitrogen and oxygen atoms in total. The molecule has 2 heterocycles. The third-order valence-corrected chi connectivity index (χ3v) is 3.73. The normalized spacial score (nSPS) is 17.7. The Kier molecular flexibility index (Phi) is 3.25. The zero-order valence-electron chi connectivity index (χ0n) is 11.2. The Morgan fingerprint density at radius 2 is 2.05 bits per heavy atom. The molecule has 1 aromatic heterocycles. The summed E-state index contributed by atoms with van der Waals surface area (Å²) in [4.78, 5) is 6.74. The van der Waals surface area contributed by atoms with Gasteiger partial charge in [0.05, 0.1) is 0 Å². The minimum absolute atomic E-state index is 0.282. The third kappa shape index (κ3) is 2.49. The van der Waals surface area contributed by atoms with Gasteiger partial charge in [0.25, 0.3) is 0 Å². The summed E-state index contributed by atoms with van der Waals surface area (Å²) in [5.74, 6) is 0.847. The van der Waals surface area contributed by atoms with Crippen LogP contribution in [0.15, 0.2) is 30.5 Å². The first kappa shape index (κ1) is 12.2. The maximum absolute atomic E-state index is 6.13. The van der Waals surface area contributed by atoms with Crippen LogP contribution in [0.4, 0.5) is 5.69 Å². The van der Waals surface area contributed by atoms with Crippen LogP contribution in [0.5, 0.6) is 5.75 Å². The molecule has 0 saturated carbocycles. The molecule has 0 unspecified atom stereocenters. The second kappa shape index (κ2) is 5.05. The van der Waals surface area contributed by atoms with Gasteiger partial charge in [0, 0.05) is 30.4 Å². The first-order chi connectivity index (χ1) is 9.24. The highest BCUT2D eigenvalue weighted by molar-refractivity contribution is 5.94. The number of hydrogen-bond acceptors (Lipinski definition) is 4. The molecule has 0 radical (unpaired) electrons. The predicted molar refractivity (Wildman–Crippen MR) is 77.3 cm³/mol. The summed E-state index contributed by atoms with van der Waals surface area (Å²) in [7, 11) is 2.15. The van der Waals surface area contributed by atoms with Crippen LogP contribution in [0.25, 0.3) is 10.9 Å². The number of piperidine rings is 1. The lowest BCUT2D eigenvalue weighted by Gasteiger charge is -2.29. The molecular weight excluding hydrogens is 238 g/mol. The van der Waals surface area contributed by atoms with E-state index in [9.17, 15) is 0 Å². The van der Waals surface area contributed by atoms with E-state index in [0.29, 0.717) is 0 Å². The first-order valence-electron chi connectivity index (χ1n) is 6.72. The number of aromatic nitrogens is 1. The number of nitrogens with zero attached hydrogens (tertiary/aromatic N) is 2. The van der Waals surface area contributed by atoms with Crippen molar-refractivity contribution in [1.29, 1.82) is 0 Å². The second-order valence-corrected chi connectivity index (χ2v) is 5.17. The summed E-state index contributed by atoms with van der Waals surface area (Å²) in [6, 6.07) is 7.72. The highest BCUT2D eigenvalue weighted by Crippen LogP contribution is 2.30. The van der Waals surface area contributed by atoms with Crippen LogP contribution >= 0.6 is 0 Å². The van der Waals surface area contributed by atoms with E-state index in [0.717, 1.165) is 48.3 Å². The molecule has 0 aliphatic carbocycles. The summed E-state index contributed by atoms with van der Waals surface area (Å²) in [5, 5.41) is 0.966. The molecule has 1 fully saturated rings. The van der Waals surface area contributed by atoms with Crippen LogP contribution in [0, 0.1) is 0 Å². The Balaban J connectivity index is 1.87. The second-order valence-electron chi connectivity index (χ2n) is 5.17. The molecule has 0 amide bonds. The number of likely N-dealkylation sites (tertiary alicyclic amines) is 1. The van der Waals surface area contributed by atoms with Crippen molar-refractivity contribution in [3.05, 3.63) is 30.5 Å². The Labute approximate surface area is 113 Å². The van der Waals surface area contributed by atoms with Gasteiger partial charge in [-0.05, 0) is 44.2 Å². The van der Waals surface area contributed by atoms with Gasteiger partial charge in [0.15, 0.2) is 0 Å². The summed E-state index contributed by atoms with van der Waals surface area (Å²) < 4.78 is 6.13. The fourth-order valence-corrected chi connectivity index (χ4v) is 2.55. The highest BCUT2D eigenvalue weighted by Gasteiger charge is 2.19. The predicted octanol–water partition coefficient (Wildman–Crippen LogP) is 2.29. The highest BCUT2D eigenvalue weighted by atomic mass is 16.5. The topological polar surface area (TPSA) is 51.4 Å². The molecule has 1 aliphatic heterocycles. The van der Waals surface area contributed by atoms with Crippen molar-refractivity contribution in [1.82, 2.24) is 9.88 Å². The maximum atomic E-state index is 6.13. The summed E-state index contributed by atoms with van der Waals surface area (Å²) in [6.45, 7) is 2.18. The van der Waals surface area contributed by atoms with E-state index in [4.69, 9.17) is 10.5 Å². The van der Waals surface area contributed by atoms with Crippen molar-refractivity contribution in [3.63, 3.8) is 0 Å². The molecule has 1 aliphatic rings. The van der Waals surface area contributed by atoms with Gasteiger partial charge in [-0.2, -0.15) is 0 Å². The standard InChI is InChI=1S/C15H19N3O/c1-18-9-6-11(7-10-18)19-14-5-4-13(16)12-3-2-8-17-15(12)14/h2-5,8,11H,6-7,9-10,16H2,1H3. The number of ether oxygens (including phenoxy) is 1. The first-order valence-corrected chi connectivity index (χ1v) is 6.72. The molecule has 0 atom stereocenters. The van der Waals surface area contributed by atoms with Gasteiger partial charge in [0.1, 0.15) is 17.4 Å². The van der Waals surface area contributed by atoms with Crippen LogP contribution in [0.1, 0.15) is 12.8 Å². The molecule has 2 aromatic rings. The zero-order valence-corrected chi connectivity index (χ0v) is 11.2. The van der Waals surface area contributed by atoms with Crippen molar-refractivity contribution in [2.75, 3.05) is 25.9 Å². The van der Waals surface area contributed by atoms with Crippen molar-refractivity contribution < 1.29 is 4.74 Å². The molecule has 0 bridgehead atoms. The van der Waals surface area contributed by atoms with Gasteiger partial charge in [-0.25, -0.2) is 0 Å². The maximum Gasteiger partial charge on any atom is 0.146 e. The van der Waals surface area contributed by atoms with Crippen molar-refractivity contribution in [3.8, 4) is 5.75 Å². The molecule has 1 aromatic carbocycles. The zero-order chi connectivity index (χ0) is 13.2. The monoisotopic (exact) mass is 257 g/mol. The number of anilines is 1. The van der Waals surface area contributed by atoms with Crippen LogP contribution < -0.4 is 10.5 Å². The quantitative estimate of drug-likeness (QED) is 0.839. The number of nitrogens with two attached hydrogens (primary N) is 1. The number of pyridine rings is 1. The molecule has 2 N–H and O–H groups in total. The minimum atomic E-state index is 0.282. The molecule has 1 saturated heterocycles. The molecular formula is C15H19N3O. The Morgan fingerprint density at radius 1 is 1.26 bits per heavy atom. The van der Waals surface area contributed by atoms with Crippen molar-refractivity contribution >= 4 is 16.6 Å². The van der Waals surface area contributed by atoms with Crippen LogP contribution in [0.3, 0.4) is 0 Å². The summed E-state index contributed by atoms with van der Waals surface area (Å²) in [5.41, 5.74) is 7.59. The van der Waals surface area contributed by atoms with Gasteiger partial charge < -0.3 is 15.4 Å². The molecule has 4 heteroatoms. The van der Waals surface area contributed by atoms with E-state index in [1.54, 1.807) is 6.20 Å². The fraction of sp³-hybridized carbons (Fsp3) is 0.400. The van der Waals surface area contributed by atoms with Crippen molar-refractivity contribution in [2.45, 2.75) is 18.9 Å². The number of nitrogen functional groups attached to an aromatic ring is 1. The minimum Gasteiger partial charge on any atom is -0.488 e. The van der Waals surface area contributed by atoms with E-state index in [-0.39, 0.29) is 6.10 Å². The summed E-state index contributed by atoms with van der Waals surface area (Å²) >= 11 is 0. The largest absolute Gasteiger partial charge is 0.488 e. The van der Waals surface area contributed by atoms with Gasteiger partial charge in [-0.1, -0.05) is 0 Å². The van der Waals surface area contributed by atoms with Crippen LogP contribution in [-0.2, 0) is 0 Å². The molecule has 19 heavy (non-hydrogen) atoms. The van der Waals surface area contributed by atoms with Crippen molar-refractivity contribution in [2.24, 2.45) is 0 Å². The van der Waals surface area contributed by atoms with Crippen LogP contribution in [-0.4, -0.2) is 36.1 Å². The van der Waals surface area contributed by atoms with E-state index in [2.05, 4.69) is 16.9 Å². The fourth-order valence-electron chi connectivity index (χ4n) is 2.55. The molecule has 0 spiro atoms. The van der Waals surface area contributed by atoms with Gasteiger partial charge in [0.2, 0.25) is 0 Å². The van der Waals surface area contributed by atoms with E-state index < -0.39 is 0 Å². The van der Waals surface area contributed by atoms with Gasteiger partial charge >= 0.3 is 0 Å². The lowest BCUT2D eigenvalue weighted by Crippen LogP contribution is -2.35. The van der Waals surface area contributed by atoms with Gasteiger partial charge in [-0.3, -0.25) is 4.98 Å². The SMILES string of the molecule is CN1CCC(Oc2ccc(N)c3cccnc23)CC1.